The van der Waals surface area contributed by atoms with E-state index in [-0.39, 0.29) is 0 Å². The largest absolute Gasteiger partial charge is 0.497 e. The molecule has 1 fully saturated rings. The van der Waals surface area contributed by atoms with E-state index in [1.807, 2.05) is 18.2 Å². The maximum atomic E-state index is 5.78. The monoisotopic (exact) mass is 307 g/mol. The van der Waals surface area contributed by atoms with Crippen LogP contribution in [-0.2, 0) is 0 Å². The molecule has 3 N–H and O–H groups in total. The molecule has 116 valence electrons. The van der Waals surface area contributed by atoms with Crippen LogP contribution in [-0.4, -0.2) is 43.2 Å². The minimum Gasteiger partial charge on any atom is -0.497 e. The van der Waals surface area contributed by atoms with Crippen LogP contribution >= 0.6 is 12.2 Å². The summed E-state index contributed by atoms with van der Waals surface area (Å²) < 4.78 is 5.26. The van der Waals surface area contributed by atoms with Crippen molar-refractivity contribution >= 4 is 22.9 Å². The van der Waals surface area contributed by atoms with Gasteiger partial charge in [-0.3, -0.25) is 0 Å². The standard InChI is InChI=1S/C16H25N3OS/c1-19(12-5-3-4-6-12)10-9-18-15-11-13(20-2)7-8-14(15)16(17)21/h7-8,11-12,18H,3-6,9-10H2,1-2H3,(H2,17,21). The second-order valence-corrected chi connectivity index (χ2v) is 6.06. The van der Waals surface area contributed by atoms with Gasteiger partial charge in [-0.1, -0.05) is 25.1 Å². The number of nitrogens with two attached hydrogens (primary N) is 1. The van der Waals surface area contributed by atoms with Crippen LogP contribution < -0.4 is 15.8 Å². The number of hydrogen-bond donors (Lipinski definition) is 2. The van der Waals surface area contributed by atoms with Crippen molar-refractivity contribution < 1.29 is 4.74 Å². The summed E-state index contributed by atoms with van der Waals surface area (Å²) in [6.07, 6.45) is 5.38. The SMILES string of the molecule is COc1ccc(C(N)=S)c(NCCN(C)C2CCCC2)c1. The van der Waals surface area contributed by atoms with Crippen LogP contribution in [0.15, 0.2) is 18.2 Å². The number of methoxy groups -OCH3 is 1. The summed E-state index contributed by atoms with van der Waals surface area (Å²) in [5.74, 6) is 0.807. The number of hydrogen-bond acceptors (Lipinski definition) is 4. The Morgan fingerprint density at radius 2 is 2.14 bits per heavy atom. The van der Waals surface area contributed by atoms with Crippen molar-refractivity contribution in [1.29, 1.82) is 0 Å². The average molecular weight is 307 g/mol. The van der Waals surface area contributed by atoms with Crippen LogP contribution in [0.5, 0.6) is 5.75 Å². The third-order valence-electron chi connectivity index (χ3n) is 4.22. The zero-order valence-corrected chi connectivity index (χ0v) is 13.7. The molecule has 2 rings (SSSR count). The zero-order valence-electron chi connectivity index (χ0n) is 12.9. The smallest absolute Gasteiger partial charge is 0.120 e. The molecule has 0 amide bonds. The Balaban J connectivity index is 1.93. The van der Waals surface area contributed by atoms with Gasteiger partial charge in [0.1, 0.15) is 10.7 Å². The fourth-order valence-corrected chi connectivity index (χ4v) is 3.08. The molecule has 0 aliphatic heterocycles. The van der Waals surface area contributed by atoms with E-state index in [4.69, 9.17) is 22.7 Å². The number of nitrogens with one attached hydrogen (secondary N) is 1. The van der Waals surface area contributed by atoms with Crippen molar-refractivity contribution in [3.8, 4) is 5.75 Å². The van der Waals surface area contributed by atoms with Gasteiger partial charge in [-0.05, 0) is 32.0 Å². The van der Waals surface area contributed by atoms with E-state index < -0.39 is 0 Å². The first-order valence-electron chi connectivity index (χ1n) is 7.53. The molecule has 1 aromatic rings. The van der Waals surface area contributed by atoms with Gasteiger partial charge < -0.3 is 20.7 Å². The molecule has 4 nitrogen and oxygen atoms in total. The molecule has 0 heterocycles. The average Bonchev–Trinajstić information content (AvgIpc) is 3.01. The second kappa shape index (κ2) is 7.61. The van der Waals surface area contributed by atoms with E-state index in [2.05, 4.69) is 17.3 Å². The molecule has 0 radical (unpaired) electrons. The molecule has 5 heteroatoms. The molecule has 1 saturated carbocycles. The van der Waals surface area contributed by atoms with Crippen LogP contribution in [0.25, 0.3) is 0 Å². The zero-order chi connectivity index (χ0) is 15.2. The molecule has 0 bridgehead atoms. The number of likely N-dealkylation sites (N-methyl/N-ethyl adjacent to an activating group) is 1. The summed E-state index contributed by atoms with van der Waals surface area (Å²) in [6.45, 7) is 1.88. The Labute approximate surface area is 132 Å². The van der Waals surface area contributed by atoms with Crippen molar-refractivity contribution in [2.75, 3.05) is 32.6 Å². The summed E-state index contributed by atoms with van der Waals surface area (Å²) in [5, 5.41) is 3.43. The van der Waals surface area contributed by atoms with Gasteiger partial charge in [0.2, 0.25) is 0 Å². The minimum atomic E-state index is 0.407. The van der Waals surface area contributed by atoms with E-state index in [1.54, 1.807) is 7.11 Å². The number of nitrogens with zero attached hydrogens (tertiary/aromatic N) is 1. The van der Waals surface area contributed by atoms with Crippen molar-refractivity contribution in [3.63, 3.8) is 0 Å². The predicted molar refractivity (Wildman–Crippen MR) is 92.3 cm³/mol. The van der Waals surface area contributed by atoms with E-state index >= 15 is 0 Å². The predicted octanol–water partition coefficient (Wildman–Crippen LogP) is 2.62. The molecule has 0 aromatic heterocycles. The van der Waals surface area contributed by atoms with Crippen molar-refractivity contribution in [3.05, 3.63) is 23.8 Å². The third kappa shape index (κ3) is 4.32. The Bertz CT molecular complexity index is 486. The van der Waals surface area contributed by atoms with Gasteiger partial charge in [0.05, 0.1) is 7.11 Å². The lowest BCUT2D eigenvalue weighted by Crippen LogP contribution is -2.33. The summed E-state index contributed by atoms with van der Waals surface area (Å²) in [5.41, 5.74) is 7.59. The van der Waals surface area contributed by atoms with Crippen LogP contribution in [0.1, 0.15) is 31.2 Å². The number of rotatable bonds is 7. The highest BCUT2D eigenvalue weighted by Gasteiger charge is 2.18. The molecule has 0 atom stereocenters. The Morgan fingerprint density at radius 3 is 2.76 bits per heavy atom. The molecule has 1 aliphatic rings. The maximum absolute atomic E-state index is 5.78. The van der Waals surface area contributed by atoms with E-state index in [0.29, 0.717) is 4.99 Å². The lowest BCUT2D eigenvalue weighted by molar-refractivity contribution is 0.254. The summed E-state index contributed by atoms with van der Waals surface area (Å²) in [7, 11) is 3.87. The van der Waals surface area contributed by atoms with Gasteiger partial charge in [-0.15, -0.1) is 0 Å². The van der Waals surface area contributed by atoms with Crippen LogP contribution in [0.3, 0.4) is 0 Å². The summed E-state index contributed by atoms with van der Waals surface area (Å²) in [6, 6.07) is 6.48. The minimum absolute atomic E-state index is 0.407. The van der Waals surface area contributed by atoms with E-state index in [1.165, 1.54) is 25.7 Å². The second-order valence-electron chi connectivity index (χ2n) is 5.62. The van der Waals surface area contributed by atoms with Gasteiger partial charge in [-0.2, -0.15) is 0 Å². The van der Waals surface area contributed by atoms with Crippen LogP contribution in [0.4, 0.5) is 5.69 Å². The van der Waals surface area contributed by atoms with Gasteiger partial charge >= 0.3 is 0 Å². The summed E-state index contributed by atoms with van der Waals surface area (Å²) in [4.78, 5) is 2.85. The molecular formula is C16H25N3OS. The third-order valence-corrected chi connectivity index (χ3v) is 4.44. The topological polar surface area (TPSA) is 50.5 Å². The van der Waals surface area contributed by atoms with E-state index in [0.717, 1.165) is 36.1 Å². The molecule has 21 heavy (non-hydrogen) atoms. The Morgan fingerprint density at radius 1 is 1.43 bits per heavy atom. The highest BCUT2D eigenvalue weighted by Crippen LogP contribution is 2.24. The molecule has 1 aliphatic carbocycles. The van der Waals surface area contributed by atoms with Crippen molar-refractivity contribution in [2.24, 2.45) is 5.73 Å². The van der Waals surface area contributed by atoms with Crippen molar-refractivity contribution in [2.45, 2.75) is 31.7 Å². The molecule has 0 unspecified atom stereocenters. The molecule has 0 saturated heterocycles. The number of ether oxygens (including phenoxy) is 1. The fourth-order valence-electron chi connectivity index (χ4n) is 2.91. The first-order chi connectivity index (χ1) is 10.1. The van der Waals surface area contributed by atoms with Gasteiger partial charge in [0.15, 0.2) is 0 Å². The fraction of sp³-hybridized carbons (Fsp3) is 0.562. The lowest BCUT2D eigenvalue weighted by atomic mass is 10.1. The number of benzene rings is 1. The maximum Gasteiger partial charge on any atom is 0.120 e. The number of anilines is 1. The molecule has 0 spiro atoms. The highest BCUT2D eigenvalue weighted by molar-refractivity contribution is 7.80. The van der Waals surface area contributed by atoms with Crippen LogP contribution in [0, 0.1) is 0 Å². The normalized spacial score (nSPS) is 15.4. The highest BCUT2D eigenvalue weighted by atomic mass is 32.1. The van der Waals surface area contributed by atoms with E-state index in [9.17, 15) is 0 Å². The first-order valence-corrected chi connectivity index (χ1v) is 7.94. The number of thiocarbonyl (C=S) groups is 1. The Hall–Kier alpha value is -1.33. The van der Waals surface area contributed by atoms with Gasteiger partial charge in [-0.25, -0.2) is 0 Å². The lowest BCUT2D eigenvalue weighted by Gasteiger charge is -2.24. The van der Waals surface area contributed by atoms with Gasteiger partial charge in [0, 0.05) is 36.4 Å². The van der Waals surface area contributed by atoms with Crippen LogP contribution in [0.2, 0.25) is 0 Å². The molecular weight excluding hydrogens is 282 g/mol. The quantitative estimate of drug-likeness (QED) is 0.758. The first kappa shape index (κ1) is 16.0. The molecule has 1 aromatic carbocycles. The Kier molecular flexibility index (Phi) is 5.82. The van der Waals surface area contributed by atoms with Gasteiger partial charge in [0.25, 0.3) is 0 Å². The van der Waals surface area contributed by atoms with Crippen molar-refractivity contribution in [1.82, 2.24) is 4.90 Å². The summed E-state index contributed by atoms with van der Waals surface area (Å²) >= 11 is 5.10.